The number of hydrogen-bond donors (Lipinski definition) is 2. The quantitative estimate of drug-likeness (QED) is 0.731. The molecule has 4 atom stereocenters. The minimum atomic E-state index is -0.136. The van der Waals surface area contributed by atoms with Gasteiger partial charge < -0.3 is 15.2 Å². The van der Waals surface area contributed by atoms with Crippen molar-refractivity contribution >= 4 is 0 Å². The van der Waals surface area contributed by atoms with Crippen LogP contribution in [0.25, 0.3) is 0 Å². The Bertz CT molecular complexity index is 260. The number of aliphatic hydroxyl groups excluding tert-OH is 1. The molecule has 4 heteroatoms. The molecule has 2 aliphatic heterocycles. The van der Waals surface area contributed by atoms with Gasteiger partial charge in [0.05, 0.1) is 18.8 Å². The average Bonchev–Trinajstić information content (AvgIpc) is 2.75. The molecule has 1 aliphatic carbocycles. The van der Waals surface area contributed by atoms with Crippen molar-refractivity contribution in [1.29, 1.82) is 0 Å². The summed E-state index contributed by atoms with van der Waals surface area (Å²) in [4.78, 5) is 2.60. The van der Waals surface area contributed by atoms with Gasteiger partial charge in [-0.1, -0.05) is 12.8 Å². The van der Waals surface area contributed by atoms with Crippen molar-refractivity contribution in [3.05, 3.63) is 0 Å². The molecule has 0 bridgehead atoms. The number of morpholine rings is 1. The van der Waals surface area contributed by atoms with Crippen LogP contribution in [0.4, 0.5) is 0 Å². The third-order valence-corrected chi connectivity index (χ3v) is 4.50. The number of nitrogens with one attached hydrogen (secondary N) is 1. The number of aliphatic hydroxyl groups is 1. The van der Waals surface area contributed by atoms with Gasteiger partial charge in [-0.05, 0) is 19.3 Å². The zero-order valence-electron chi connectivity index (χ0n) is 10.5. The second-order valence-corrected chi connectivity index (χ2v) is 5.75. The maximum Gasteiger partial charge on any atom is 0.0730 e. The number of β-amino-alcohol motifs (C(OH)–C–C–N with tert-alkyl or cyclic N) is 1. The monoisotopic (exact) mass is 240 g/mol. The topological polar surface area (TPSA) is 44.7 Å². The highest BCUT2D eigenvalue weighted by atomic mass is 16.5. The van der Waals surface area contributed by atoms with Crippen molar-refractivity contribution in [2.75, 3.05) is 26.2 Å². The Labute approximate surface area is 103 Å². The van der Waals surface area contributed by atoms with Crippen LogP contribution in [0.1, 0.15) is 32.1 Å². The summed E-state index contributed by atoms with van der Waals surface area (Å²) >= 11 is 0. The number of rotatable bonds is 2. The maximum atomic E-state index is 9.56. The summed E-state index contributed by atoms with van der Waals surface area (Å²) < 4.78 is 5.89. The van der Waals surface area contributed by atoms with Gasteiger partial charge in [0.1, 0.15) is 0 Å². The fourth-order valence-electron chi connectivity index (χ4n) is 3.62. The summed E-state index contributed by atoms with van der Waals surface area (Å²) in [7, 11) is 0. The third-order valence-electron chi connectivity index (χ3n) is 4.50. The minimum Gasteiger partial charge on any atom is -0.392 e. The normalized spacial score (nSPS) is 43.6. The summed E-state index contributed by atoms with van der Waals surface area (Å²) in [5, 5.41) is 13.0. The number of ether oxygens (including phenoxy) is 1. The van der Waals surface area contributed by atoms with Crippen LogP contribution in [0.2, 0.25) is 0 Å². The first-order valence-corrected chi connectivity index (χ1v) is 7.10. The predicted octanol–water partition coefficient (Wildman–Crippen LogP) is 0.353. The summed E-state index contributed by atoms with van der Waals surface area (Å²) in [5.41, 5.74) is 0. The molecule has 4 nitrogen and oxygen atoms in total. The molecule has 0 spiro atoms. The molecule has 0 aromatic carbocycles. The Hall–Kier alpha value is -0.160. The molecule has 0 radical (unpaired) electrons. The van der Waals surface area contributed by atoms with Gasteiger partial charge in [-0.15, -0.1) is 0 Å². The molecule has 98 valence electrons. The van der Waals surface area contributed by atoms with Crippen LogP contribution in [0.15, 0.2) is 0 Å². The van der Waals surface area contributed by atoms with Crippen LogP contribution in [0, 0.1) is 0 Å². The molecule has 2 heterocycles. The number of hydrogen-bond acceptors (Lipinski definition) is 4. The highest BCUT2D eigenvalue weighted by molar-refractivity contribution is 4.91. The molecule has 3 fully saturated rings. The lowest BCUT2D eigenvalue weighted by molar-refractivity contribution is -0.0898. The summed E-state index contributed by atoms with van der Waals surface area (Å²) in [6.45, 7) is 3.80. The molecule has 1 saturated carbocycles. The van der Waals surface area contributed by atoms with E-state index in [4.69, 9.17) is 4.74 Å². The molecular weight excluding hydrogens is 216 g/mol. The molecule has 3 aliphatic rings. The van der Waals surface area contributed by atoms with E-state index < -0.39 is 0 Å². The Morgan fingerprint density at radius 3 is 3.00 bits per heavy atom. The van der Waals surface area contributed by atoms with Gasteiger partial charge >= 0.3 is 0 Å². The van der Waals surface area contributed by atoms with Gasteiger partial charge in [0.2, 0.25) is 0 Å². The van der Waals surface area contributed by atoms with Crippen LogP contribution in [0.5, 0.6) is 0 Å². The van der Waals surface area contributed by atoms with E-state index >= 15 is 0 Å². The van der Waals surface area contributed by atoms with Crippen molar-refractivity contribution < 1.29 is 9.84 Å². The van der Waals surface area contributed by atoms with Gasteiger partial charge in [-0.2, -0.15) is 0 Å². The molecule has 4 unspecified atom stereocenters. The van der Waals surface area contributed by atoms with Gasteiger partial charge in [0.25, 0.3) is 0 Å². The molecule has 0 aromatic heterocycles. The number of nitrogens with zero attached hydrogens (tertiary/aromatic N) is 1. The van der Waals surface area contributed by atoms with Gasteiger partial charge in [-0.25, -0.2) is 0 Å². The van der Waals surface area contributed by atoms with Crippen molar-refractivity contribution in [2.24, 2.45) is 0 Å². The van der Waals surface area contributed by atoms with Crippen molar-refractivity contribution in [3.63, 3.8) is 0 Å². The largest absolute Gasteiger partial charge is 0.392 e. The maximum absolute atomic E-state index is 9.56. The van der Waals surface area contributed by atoms with E-state index in [2.05, 4.69) is 10.2 Å². The Morgan fingerprint density at radius 1 is 1.29 bits per heavy atom. The van der Waals surface area contributed by atoms with E-state index in [9.17, 15) is 5.11 Å². The first kappa shape index (κ1) is 11.9. The first-order chi connectivity index (χ1) is 8.33. The smallest absolute Gasteiger partial charge is 0.0730 e. The van der Waals surface area contributed by atoms with Gasteiger partial charge in [-0.3, -0.25) is 4.90 Å². The fraction of sp³-hybridized carbons (Fsp3) is 1.00. The van der Waals surface area contributed by atoms with Crippen LogP contribution >= 0.6 is 0 Å². The molecule has 0 aromatic rings. The van der Waals surface area contributed by atoms with E-state index in [-0.39, 0.29) is 6.10 Å². The predicted molar refractivity (Wildman–Crippen MR) is 66.0 cm³/mol. The fourth-order valence-corrected chi connectivity index (χ4v) is 3.62. The second-order valence-electron chi connectivity index (χ2n) is 5.75. The summed E-state index contributed by atoms with van der Waals surface area (Å²) in [6.07, 6.45) is 6.46. The van der Waals surface area contributed by atoms with E-state index in [0.29, 0.717) is 18.2 Å². The minimum absolute atomic E-state index is 0.136. The average molecular weight is 240 g/mol. The van der Waals surface area contributed by atoms with Crippen molar-refractivity contribution in [1.82, 2.24) is 10.2 Å². The van der Waals surface area contributed by atoms with Crippen molar-refractivity contribution in [3.8, 4) is 0 Å². The highest BCUT2D eigenvalue weighted by Gasteiger charge is 2.36. The first-order valence-electron chi connectivity index (χ1n) is 7.10. The highest BCUT2D eigenvalue weighted by Crippen LogP contribution is 2.28. The van der Waals surface area contributed by atoms with Crippen LogP contribution in [-0.4, -0.2) is 60.5 Å². The molecular formula is C13H24N2O2. The lowest BCUT2D eigenvalue weighted by atomic mass is 9.90. The molecule has 0 amide bonds. The van der Waals surface area contributed by atoms with Gasteiger partial charge in [0, 0.05) is 31.7 Å². The van der Waals surface area contributed by atoms with Crippen LogP contribution < -0.4 is 5.32 Å². The zero-order chi connectivity index (χ0) is 11.7. The van der Waals surface area contributed by atoms with E-state index in [1.807, 2.05) is 0 Å². The summed E-state index contributed by atoms with van der Waals surface area (Å²) in [6, 6.07) is 1.11. The summed E-state index contributed by atoms with van der Waals surface area (Å²) in [5.74, 6) is 0. The zero-order valence-corrected chi connectivity index (χ0v) is 10.5. The third kappa shape index (κ3) is 2.65. The standard InChI is InChI=1S/C13H24N2O2/c16-11-7-10(14-8-11)9-15-5-6-17-13-4-2-1-3-12(13)15/h10-14,16H,1-9H2. The van der Waals surface area contributed by atoms with Crippen molar-refractivity contribution in [2.45, 2.75) is 56.4 Å². The number of fused-ring (bicyclic) bond motifs is 1. The molecule has 2 N–H and O–H groups in total. The SMILES string of the molecule is OC1CNC(CN2CCOC3CCCCC32)C1. The Morgan fingerprint density at radius 2 is 2.18 bits per heavy atom. The molecule has 3 rings (SSSR count). The van der Waals surface area contributed by atoms with Crippen LogP contribution in [-0.2, 0) is 4.74 Å². The molecule has 17 heavy (non-hydrogen) atoms. The van der Waals surface area contributed by atoms with E-state index in [1.165, 1.54) is 25.7 Å². The Kier molecular flexibility index (Phi) is 3.66. The molecule has 2 saturated heterocycles. The van der Waals surface area contributed by atoms with E-state index in [1.54, 1.807) is 0 Å². The van der Waals surface area contributed by atoms with Crippen LogP contribution in [0.3, 0.4) is 0 Å². The second kappa shape index (κ2) is 5.22. The Balaban J connectivity index is 1.57. The van der Waals surface area contributed by atoms with E-state index in [0.717, 1.165) is 32.7 Å². The van der Waals surface area contributed by atoms with Gasteiger partial charge in [0.15, 0.2) is 0 Å². The lowest BCUT2D eigenvalue weighted by Crippen LogP contribution is -2.55. The lowest BCUT2D eigenvalue weighted by Gasteiger charge is -2.44.